The fourth-order valence-corrected chi connectivity index (χ4v) is 2.96. The van der Waals surface area contributed by atoms with Crippen LogP contribution in [0.25, 0.3) is 0 Å². The van der Waals surface area contributed by atoms with Gasteiger partial charge in [0.15, 0.2) is 0 Å². The lowest BCUT2D eigenvalue weighted by molar-refractivity contribution is 0.0947. The first-order chi connectivity index (χ1) is 9.07. The molecule has 0 saturated heterocycles. The van der Waals surface area contributed by atoms with Crippen LogP contribution in [-0.2, 0) is 0 Å². The van der Waals surface area contributed by atoms with Gasteiger partial charge in [-0.05, 0) is 51.4 Å². The van der Waals surface area contributed by atoms with Crippen molar-refractivity contribution in [1.82, 2.24) is 5.32 Å². The summed E-state index contributed by atoms with van der Waals surface area (Å²) in [5.74, 6) is 0.919. The Morgan fingerprint density at radius 2 is 1.89 bits per heavy atom. The second kappa shape index (κ2) is 5.93. The highest BCUT2D eigenvalue weighted by atomic mass is 16.5. The lowest BCUT2D eigenvalue weighted by Crippen LogP contribution is -2.46. The minimum absolute atomic E-state index is 0.113. The highest BCUT2D eigenvalue weighted by Crippen LogP contribution is 2.48. The molecule has 1 atom stereocenters. The molecule has 1 aromatic rings. The molecule has 0 aromatic heterocycles. The summed E-state index contributed by atoms with van der Waals surface area (Å²) < 4.78 is 5.67. The van der Waals surface area contributed by atoms with Gasteiger partial charge in [-0.3, -0.25) is 0 Å². The molecule has 0 amide bonds. The summed E-state index contributed by atoms with van der Waals surface area (Å²) in [6.07, 6.45) is 3.95. The van der Waals surface area contributed by atoms with Gasteiger partial charge in [-0.25, -0.2) is 0 Å². The minimum Gasteiger partial charge on any atom is -0.491 e. The van der Waals surface area contributed by atoms with Gasteiger partial charge in [-0.15, -0.1) is 0 Å². The number of hydrogen-bond donors (Lipinski definition) is 2. The Morgan fingerprint density at radius 1 is 1.26 bits per heavy atom. The first-order valence-electron chi connectivity index (χ1n) is 7.24. The number of hydrogen-bond acceptors (Lipinski definition) is 3. The zero-order valence-electron chi connectivity index (χ0n) is 12.3. The second-order valence-corrected chi connectivity index (χ2v) is 5.96. The van der Waals surface area contributed by atoms with Crippen molar-refractivity contribution in [2.75, 3.05) is 13.6 Å². The van der Waals surface area contributed by atoms with E-state index in [9.17, 15) is 0 Å². The van der Waals surface area contributed by atoms with Crippen molar-refractivity contribution in [1.29, 1.82) is 0 Å². The first-order valence-corrected chi connectivity index (χ1v) is 7.24. The van der Waals surface area contributed by atoms with Crippen molar-refractivity contribution in [3.8, 4) is 5.75 Å². The maximum Gasteiger partial charge on any atom is 0.119 e. The molecule has 1 saturated carbocycles. The summed E-state index contributed by atoms with van der Waals surface area (Å²) in [5.41, 5.74) is 7.95. The van der Waals surface area contributed by atoms with Crippen LogP contribution in [0.15, 0.2) is 24.3 Å². The zero-order chi connectivity index (χ0) is 13.9. The summed E-state index contributed by atoms with van der Waals surface area (Å²) in [6.45, 7) is 5.07. The SMILES string of the molecule is CNCC1(C(N)c2ccc(OC(C)C)cc2)CCC1. The monoisotopic (exact) mass is 262 g/mol. The minimum atomic E-state index is 0.113. The van der Waals surface area contributed by atoms with Crippen LogP contribution >= 0.6 is 0 Å². The van der Waals surface area contributed by atoms with Crippen LogP contribution in [-0.4, -0.2) is 19.7 Å². The largest absolute Gasteiger partial charge is 0.491 e. The topological polar surface area (TPSA) is 47.3 Å². The van der Waals surface area contributed by atoms with E-state index >= 15 is 0 Å². The molecule has 3 nitrogen and oxygen atoms in total. The normalized spacial score (nSPS) is 19.0. The van der Waals surface area contributed by atoms with Crippen LogP contribution in [0.3, 0.4) is 0 Å². The molecule has 1 aliphatic carbocycles. The van der Waals surface area contributed by atoms with E-state index < -0.39 is 0 Å². The summed E-state index contributed by atoms with van der Waals surface area (Å²) in [6, 6.07) is 8.39. The molecular formula is C16H26N2O. The highest BCUT2D eigenvalue weighted by molar-refractivity contribution is 5.30. The Balaban J connectivity index is 2.08. The van der Waals surface area contributed by atoms with Crippen LogP contribution in [0.5, 0.6) is 5.75 Å². The lowest BCUT2D eigenvalue weighted by Gasteiger charge is -2.46. The average molecular weight is 262 g/mol. The number of nitrogens with one attached hydrogen (secondary N) is 1. The quantitative estimate of drug-likeness (QED) is 0.828. The second-order valence-electron chi connectivity index (χ2n) is 5.96. The Labute approximate surface area is 116 Å². The molecule has 1 fully saturated rings. The van der Waals surface area contributed by atoms with Gasteiger partial charge in [-0.2, -0.15) is 0 Å². The third kappa shape index (κ3) is 3.10. The predicted molar refractivity (Wildman–Crippen MR) is 79.3 cm³/mol. The maximum atomic E-state index is 6.49. The Bertz CT molecular complexity index is 396. The van der Waals surface area contributed by atoms with Crippen molar-refractivity contribution in [2.24, 2.45) is 11.1 Å². The van der Waals surface area contributed by atoms with E-state index in [0.29, 0.717) is 0 Å². The zero-order valence-corrected chi connectivity index (χ0v) is 12.3. The molecule has 0 heterocycles. The van der Waals surface area contributed by atoms with E-state index in [-0.39, 0.29) is 17.6 Å². The molecule has 0 spiro atoms. The molecule has 1 aromatic carbocycles. The molecule has 1 aliphatic rings. The van der Waals surface area contributed by atoms with E-state index in [2.05, 4.69) is 17.4 Å². The van der Waals surface area contributed by atoms with Crippen LogP contribution in [0.2, 0.25) is 0 Å². The van der Waals surface area contributed by atoms with Gasteiger partial charge in [0.1, 0.15) is 5.75 Å². The molecule has 106 valence electrons. The van der Waals surface area contributed by atoms with E-state index in [1.807, 2.05) is 33.0 Å². The molecule has 1 unspecified atom stereocenters. The predicted octanol–water partition coefficient (Wildman–Crippen LogP) is 2.86. The Kier molecular flexibility index (Phi) is 4.48. The summed E-state index contributed by atoms with van der Waals surface area (Å²) >= 11 is 0. The number of rotatable bonds is 6. The molecule has 19 heavy (non-hydrogen) atoms. The van der Waals surface area contributed by atoms with Gasteiger partial charge < -0.3 is 15.8 Å². The highest BCUT2D eigenvalue weighted by Gasteiger charge is 2.42. The lowest BCUT2D eigenvalue weighted by atomic mass is 9.62. The molecule has 0 radical (unpaired) electrons. The summed E-state index contributed by atoms with van der Waals surface area (Å²) in [4.78, 5) is 0. The third-order valence-corrected chi connectivity index (χ3v) is 4.15. The first kappa shape index (κ1) is 14.4. The van der Waals surface area contributed by atoms with Crippen LogP contribution < -0.4 is 15.8 Å². The van der Waals surface area contributed by atoms with Crippen molar-refractivity contribution in [2.45, 2.75) is 45.3 Å². The van der Waals surface area contributed by atoms with Crippen molar-refractivity contribution < 1.29 is 4.74 Å². The average Bonchev–Trinajstić information content (AvgIpc) is 2.33. The van der Waals surface area contributed by atoms with Crippen molar-refractivity contribution >= 4 is 0 Å². The molecule has 3 heteroatoms. The van der Waals surface area contributed by atoms with E-state index in [1.54, 1.807) is 0 Å². The van der Waals surface area contributed by atoms with Crippen molar-refractivity contribution in [3.63, 3.8) is 0 Å². The Morgan fingerprint density at radius 3 is 2.32 bits per heavy atom. The van der Waals surface area contributed by atoms with E-state index in [0.717, 1.165) is 12.3 Å². The molecule has 0 bridgehead atoms. The van der Waals surface area contributed by atoms with Gasteiger partial charge in [0.2, 0.25) is 0 Å². The van der Waals surface area contributed by atoms with Gasteiger partial charge in [0.25, 0.3) is 0 Å². The molecular weight excluding hydrogens is 236 g/mol. The molecule has 3 N–H and O–H groups in total. The van der Waals surface area contributed by atoms with Crippen LogP contribution in [0, 0.1) is 5.41 Å². The number of benzene rings is 1. The number of nitrogens with two attached hydrogens (primary N) is 1. The van der Waals surface area contributed by atoms with E-state index in [4.69, 9.17) is 10.5 Å². The van der Waals surface area contributed by atoms with Crippen LogP contribution in [0.4, 0.5) is 0 Å². The third-order valence-electron chi connectivity index (χ3n) is 4.15. The fourth-order valence-electron chi connectivity index (χ4n) is 2.96. The van der Waals surface area contributed by atoms with Gasteiger partial charge in [0, 0.05) is 18.0 Å². The van der Waals surface area contributed by atoms with Gasteiger partial charge in [0.05, 0.1) is 6.10 Å². The summed E-state index contributed by atoms with van der Waals surface area (Å²) in [5, 5.41) is 3.29. The van der Waals surface area contributed by atoms with E-state index in [1.165, 1.54) is 24.8 Å². The van der Waals surface area contributed by atoms with Crippen LogP contribution in [0.1, 0.15) is 44.7 Å². The van der Waals surface area contributed by atoms with Gasteiger partial charge >= 0.3 is 0 Å². The Hall–Kier alpha value is -1.06. The van der Waals surface area contributed by atoms with Crippen molar-refractivity contribution in [3.05, 3.63) is 29.8 Å². The summed E-state index contributed by atoms with van der Waals surface area (Å²) in [7, 11) is 2.01. The standard InChI is InChI=1S/C16H26N2O/c1-12(2)19-14-7-5-13(6-8-14)15(17)16(11-18-3)9-4-10-16/h5-8,12,15,18H,4,9-11,17H2,1-3H3. The van der Waals surface area contributed by atoms with Gasteiger partial charge in [-0.1, -0.05) is 18.6 Å². The molecule has 0 aliphatic heterocycles. The smallest absolute Gasteiger partial charge is 0.119 e. The fraction of sp³-hybridized carbons (Fsp3) is 0.625. The maximum absolute atomic E-state index is 6.49. The molecule has 2 rings (SSSR count). The number of ether oxygens (including phenoxy) is 1.